The number of benzene rings is 1. The number of amides is 5. The van der Waals surface area contributed by atoms with Crippen molar-refractivity contribution >= 4 is 35.2 Å². The first-order chi connectivity index (χ1) is 12.4. The molecule has 1 aliphatic carbocycles. The number of carbonyl (C=O) groups is 5. The van der Waals surface area contributed by atoms with Gasteiger partial charge in [0.2, 0.25) is 11.8 Å². The standard InChI is InChI=1S/C17H16N4O5/c1-18-11(22)7-19-10-4-2-3-9-12(10)15(25)21(14(9)24)17-5-8(6-17)13(23)20-16(17)26/h2-4,8,19H,5-7H2,1H3,(H,18,22)(H,20,23,26). The van der Waals surface area contributed by atoms with Crippen molar-refractivity contribution < 1.29 is 24.0 Å². The van der Waals surface area contributed by atoms with Crippen molar-refractivity contribution in [1.29, 1.82) is 0 Å². The van der Waals surface area contributed by atoms with E-state index in [-0.39, 0.29) is 48.2 Å². The topological polar surface area (TPSA) is 125 Å². The fraction of sp³-hybridized carbons (Fsp3) is 0.353. The van der Waals surface area contributed by atoms with Gasteiger partial charge in [-0.05, 0) is 25.0 Å². The van der Waals surface area contributed by atoms with Crippen molar-refractivity contribution in [2.24, 2.45) is 5.92 Å². The number of anilines is 1. The highest BCUT2D eigenvalue weighted by Crippen LogP contribution is 2.49. The van der Waals surface area contributed by atoms with Crippen LogP contribution in [0.25, 0.3) is 0 Å². The third kappa shape index (κ3) is 2.00. The Morgan fingerprint density at radius 2 is 1.96 bits per heavy atom. The van der Waals surface area contributed by atoms with Gasteiger partial charge >= 0.3 is 0 Å². The Bertz CT molecular complexity index is 887. The van der Waals surface area contributed by atoms with Gasteiger partial charge in [0.15, 0.2) is 0 Å². The second-order valence-electron chi connectivity index (χ2n) is 6.66. The molecular formula is C17H16N4O5. The zero-order valence-corrected chi connectivity index (χ0v) is 13.9. The van der Waals surface area contributed by atoms with Crippen LogP contribution in [0.3, 0.4) is 0 Å². The molecule has 0 radical (unpaired) electrons. The van der Waals surface area contributed by atoms with Gasteiger partial charge in [-0.15, -0.1) is 0 Å². The molecule has 134 valence electrons. The third-order valence-corrected chi connectivity index (χ3v) is 5.26. The molecule has 5 amide bonds. The smallest absolute Gasteiger partial charge is 0.264 e. The summed E-state index contributed by atoms with van der Waals surface area (Å²) in [7, 11) is 1.49. The molecule has 9 nitrogen and oxygen atoms in total. The minimum atomic E-state index is -1.30. The van der Waals surface area contributed by atoms with Crippen LogP contribution in [0.5, 0.6) is 0 Å². The molecule has 5 rings (SSSR count). The molecule has 0 spiro atoms. The van der Waals surface area contributed by atoms with Crippen LogP contribution in [-0.2, 0) is 14.4 Å². The first-order valence-electron chi connectivity index (χ1n) is 8.20. The molecule has 2 bridgehead atoms. The van der Waals surface area contributed by atoms with E-state index < -0.39 is 23.3 Å². The van der Waals surface area contributed by atoms with Crippen molar-refractivity contribution in [3.63, 3.8) is 0 Å². The van der Waals surface area contributed by atoms with Gasteiger partial charge < -0.3 is 10.6 Å². The van der Waals surface area contributed by atoms with Gasteiger partial charge in [0.25, 0.3) is 17.7 Å². The molecule has 3 heterocycles. The summed E-state index contributed by atoms with van der Waals surface area (Å²) in [5.74, 6) is -2.75. The van der Waals surface area contributed by atoms with Crippen molar-refractivity contribution in [1.82, 2.24) is 15.5 Å². The number of rotatable bonds is 4. The summed E-state index contributed by atoms with van der Waals surface area (Å²) in [6.07, 6.45) is 0.314. The van der Waals surface area contributed by atoms with E-state index in [0.717, 1.165) is 4.90 Å². The number of carbonyl (C=O) groups excluding carboxylic acids is 5. The van der Waals surface area contributed by atoms with Crippen LogP contribution in [0.4, 0.5) is 5.69 Å². The fourth-order valence-corrected chi connectivity index (χ4v) is 3.83. The van der Waals surface area contributed by atoms with Gasteiger partial charge in [0.1, 0.15) is 5.54 Å². The zero-order valence-electron chi connectivity index (χ0n) is 13.9. The number of nitrogens with zero attached hydrogens (tertiary/aromatic N) is 1. The maximum Gasteiger partial charge on any atom is 0.264 e. The Balaban J connectivity index is 1.68. The van der Waals surface area contributed by atoms with E-state index in [4.69, 9.17) is 0 Å². The zero-order chi connectivity index (χ0) is 18.6. The minimum absolute atomic E-state index is 0.0589. The second kappa shape index (κ2) is 5.38. The lowest BCUT2D eigenvalue weighted by molar-refractivity contribution is -0.158. The van der Waals surface area contributed by atoms with Gasteiger partial charge in [-0.3, -0.25) is 34.2 Å². The Kier molecular flexibility index (Phi) is 3.36. The third-order valence-electron chi connectivity index (χ3n) is 5.26. The van der Waals surface area contributed by atoms with Crippen molar-refractivity contribution in [2.45, 2.75) is 18.4 Å². The highest BCUT2D eigenvalue weighted by Gasteiger charge is 2.65. The molecule has 3 fully saturated rings. The summed E-state index contributed by atoms with van der Waals surface area (Å²) in [6.45, 7) is -0.0589. The largest absolute Gasteiger partial charge is 0.375 e. The fourth-order valence-electron chi connectivity index (χ4n) is 3.83. The van der Waals surface area contributed by atoms with Crippen LogP contribution in [0.2, 0.25) is 0 Å². The Morgan fingerprint density at radius 1 is 1.23 bits per heavy atom. The van der Waals surface area contributed by atoms with Crippen LogP contribution >= 0.6 is 0 Å². The van der Waals surface area contributed by atoms with E-state index in [0.29, 0.717) is 5.69 Å². The lowest BCUT2D eigenvalue weighted by Crippen LogP contribution is -2.74. The number of likely N-dealkylation sites (N-methyl/N-ethyl adjacent to an activating group) is 1. The van der Waals surface area contributed by atoms with Crippen LogP contribution in [-0.4, -0.2) is 53.6 Å². The maximum absolute atomic E-state index is 13.0. The quantitative estimate of drug-likeness (QED) is 0.610. The van der Waals surface area contributed by atoms with Crippen LogP contribution in [0.1, 0.15) is 33.6 Å². The average Bonchev–Trinajstić information content (AvgIpc) is 2.84. The van der Waals surface area contributed by atoms with Crippen LogP contribution in [0.15, 0.2) is 18.2 Å². The average molecular weight is 356 g/mol. The summed E-state index contributed by atoms with van der Waals surface area (Å²) >= 11 is 0. The van der Waals surface area contributed by atoms with E-state index in [1.165, 1.54) is 13.1 Å². The maximum atomic E-state index is 13.0. The van der Waals surface area contributed by atoms with E-state index >= 15 is 0 Å². The molecule has 26 heavy (non-hydrogen) atoms. The Labute approximate surface area is 148 Å². The highest BCUT2D eigenvalue weighted by molar-refractivity contribution is 6.27. The first kappa shape index (κ1) is 16.2. The van der Waals surface area contributed by atoms with Gasteiger partial charge in [-0.2, -0.15) is 0 Å². The summed E-state index contributed by atoms with van der Waals surface area (Å²) < 4.78 is 0. The molecule has 4 aliphatic rings. The van der Waals surface area contributed by atoms with Crippen molar-refractivity contribution in [2.75, 3.05) is 18.9 Å². The highest BCUT2D eigenvalue weighted by atomic mass is 16.2. The molecule has 9 heteroatoms. The summed E-state index contributed by atoms with van der Waals surface area (Å²) in [6, 6.07) is 4.72. The van der Waals surface area contributed by atoms with E-state index in [2.05, 4.69) is 16.0 Å². The number of hydrogen-bond acceptors (Lipinski definition) is 6. The molecule has 3 aliphatic heterocycles. The SMILES string of the molecule is CNC(=O)CNc1cccc2c1C(=O)N(C13CC(C1)C(=O)NC3=O)C2=O. The Morgan fingerprint density at radius 3 is 2.62 bits per heavy atom. The minimum Gasteiger partial charge on any atom is -0.375 e. The molecular weight excluding hydrogens is 340 g/mol. The predicted molar refractivity (Wildman–Crippen MR) is 88.1 cm³/mol. The molecule has 3 N–H and O–H groups in total. The van der Waals surface area contributed by atoms with Crippen molar-refractivity contribution in [3.8, 4) is 0 Å². The van der Waals surface area contributed by atoms with Crippen molar-refractivity contribution in [3.05, 3.63) is 29.3 Å². The van der Waals surface area contributed by atoms with E-state index in [9.17, 15) is 24.0 Å². The Hall–Kier alpha value is -3.23. The van der Waals surface area contributed by atoms with Gasteiger partial charge in [0, 0.05) is 18.7 Å². The molecule has 1 aromatic carbocycles. The number of piperidine rings is 2. The molecule has 0 aromatic heterocycles. The summed E-state index contributed by atoms with van der Waals surface area (Å²) in [4.78, 5) is 62.3. The number of imide groups is 2. The molecule has 1 aromatic rings. The molecule has 0 atom stereocenters. The number of fused-ring (bicyclic) bond motifs is 3. The van der Waals surface area contributed by atoms with Gasteiger partial charge in [-0.25, -0.2) is 0 Å². The van der Waals surface area contributed by atoms with E-state index in [1.54, 1.807) is 12.1 Å². The molecule has 0 unspecified atom stereocenters. The molecule has 1 saturated carbocycles. The van der Waals surface area contributed by atoms with Crippen LogP contribution < -0.4 is 16.0 Å². The monoisotopic (exact) mass is 356 g/mol. The summed E-state index contributed by atoms with van der Waals surface area (Å²) in [5.41, 5.74) is -0.626. The van der Waals surface area contributed by atoms with Gasteiger partial charge in [-0.1, -0.05) is 6.07 Å². The predicted octanol–water partition coefficient (Wildman–Crippen LogP) is -0.754. The molecule has 2 saturated heterocycles. The second-order valence-corrected chi connectivity index (χ2v) is 6.66. The lowest BCUT2D eigenvalue weighted by Gasteiger charge is -2.52. The number of hydrogen-bond donors (Lipinski definition) is 3. The van der Waals surface area contributed by atoms with E-state index in [1.807, 2.05) is 0 Å². The van der Waals surface area contributed by atoms with Crippen LogP contribution in [0, 0.1) is 5.92 Å². The van der Waals surface area contributed by atoms with Gasteiger partial charge in [0.05, 0.1) is 17.7 Å². The first-order valence-corrected chi connectivity index (χ1v) is 8.20. The normalized spacial score (nSPS) is 26.2. The lowest BCUT2D eigenvalue weighted by atomic mass is 9.63. The summed E-state index contributed by atoms with van der Waals surface area (Å²) in [5, 5.41) is 7.54. The number of nitrogens with one attached hydrogen (secondary N) is 3.